The fourth-order valence-corrected chi connectivity index (χ4v) is 3.54. The minimum Gasteiger partial charge on any atom is -0.282 e. The predicted molar refractivity (Wildman–Crippen MR) is 91.8 cm³/mol. The van der Waals surface area contributed by atoms with E-state index in [-0.39, 0.29) is 18.0 Å². The molecule has 4 heteroatoms. The second-order valence-electron chi connectivity index (χ2n) is 5.22. The molecule has 1 aliphatic rings. The van der Waals surface area contributed by atoms with Gasteiger partial charge in [0.1, 0.15) is 6.04 Å². The lowest BCUT2D eigenvalue weighted by Gasteiger charge is -2.28. The Labute approximate surface area is 135 Å². The van der Waals surface area contributed by atoms with E-state index in [1.54, 1.807) is 6.92 Å². The Bertz CT molecular complexity index is 685. The molecule has 22 heavy (non-hydrogen) atoms. The van der Waals surface area contributed by atoms with Gasteiger partial charge in [0, 0.05) is 6.92 Å². The monoisotopic (exact) mass is 310 g/mol. The first-order valence-corrected chi connectivity index (χ1v) is 8.46. The summed E-state index contributed by atoms with van der Waals surface area (Å²) in [7, 11) is 0. The highest BCUT2D eigenvalue weighted by atomic mass is 32.2. The average molecular weight is 310 g/mol. The summed E-state index contributed by atoms with van der Waals surface area (Å²) < 4.78 is 0. The molecular formula is C18H18N2OS. The Morgan fingerprint density at radius 1 is 1.00 bits per heavy atom. The molecule has 0 saturated carbocycles. The van der Waals surface area contributed by atoms with Crippen LogP contribution in [0.5, 0.6) is 0 Å². The summed E-state index contributed by atoms with van der Waals surface area (Å²) >= 11 is 1.52. The van der Waals surface area contributed by atoms with E-state index >= 15 is 0 Å². The Morgan fingerprint density at radius 2 is 1.55 bits per heavy atom. The molecule has 0 spiro atoms. The van der Waals surface area contributed by atoms with E-state index in [1.807, 2.05) is 47.6 Å². The van der Waals surface area contributed by atoms with Crippen LogP contribution in [0, 0.1) is 0 Å². The van der Waals surface area contributed by atoms with Gasteiger partial charge in [-0.05, 0) is 17.4 Å². The van der Waals surface area contributed by atoms with Gasteiger partial charge in [-0.3, -0.25) is 14.7 Å². The number of carbonyl (C=O) groups is 1. The summed E-state index contributed by atoms with van der Waals surface area (Å²) in [6.07, 6.45) is 1.96. The van der Waals surface area contributed by atoms with Crippen molar-refractivity contribution in [2.24, 2.45) is 4.99 Å². The number of rotatable bonds is 2. The molecule has 2 aromatic carbocycles. The lowest BCUT2D eigenvalue weighted by Crippen LogP contribution is -2.34. The molecule has 1 heterocycles. The zero-order chi connectivity index (χ0) is 15.5. The highest BCUT2D eigenvalue weighted by Gasteiger charge is 2.39. The molecule has 0 saturated heterocycles. The van der Waals surface area contributed by atoms with Crippen LogP contribution in [0.1, 0.15) is 30.1 Å². The first kappa shape index (κ1) is 14.9. The van der Waals surface area contributed by atoms with Gasteiger partial charge >= 0.3 is 0 Å². The van der Waals surface area contributed by atoms with Crippen molar-refractivity contribution in [1.82, 2.24) is 4.90 Å². The van der Waals surface area contributed by atoms with Crippen LogP contribution in [0.2, 0.25) is 0 Å². The van der Waals surface area contributed by atoms with E-state index in [2.05, 4.69) is 24.3 Å². The fraction of sp³-hybridized carbons (Fsp3) is 0.222. The molecule has 3 nitrogen and oxygen atoms in total. The van der Waals surface area contributed by atoms with Crippen LogP contribution in [0.4, 0.5) is 0 Å². The van der Waals surface area contributed by atoms with E-state index in [0.717, 1.165) is 16.3 Å². The lowest BCUT2D eigenvalue weighted by molar-refractivity contribution is -0.126. The SMILES string of the molecule is CSC1=NC(c2ccccc2)C(c2ccccc2)N1C(C)=O. The number of amides is 1. The number of nitrogens with zero attached hydrogens (tertiary/aromatic N) is 2. The zero-order valence-corrected chi connectivity index (χ0v) is 13.5. The molecule has 0 fully saturated rings. The Balaban J connectivity index is 2.10. The van der Waals surface area contributed by atoms with Crippen LogP contribution >= 0.6 is 11.8 Å². The van der Waals surface area contributed by atoms with Crippen LogP contribution in [0.15, 0.2) is 65.7 Å². The maximum atomic E-state index is 12.2. The van der Waals surface area contributed by atoms with Gasteiger partial charge in [0.25, 0.3) is 0 Å². The van der Waals surface area contributed by atoms with E-state index in [0.29, 0.717) is 0 Å². The summed E-state index contributed by atoms with van der Waals surface area (Å²) in [5.41, 5.74) is 2.24. The van der Waals surface area contributed by atoms with Crippen molar-refractivity contribution in [1.29, 1.82) is 0 Å². The Morgan fingerprint density at radius 3 is 2.05 bits per heavy atom. The van der Waals surface area contributed by atoms with Gasteiger partial charge in [0.2, 0.25) is 5.91 Å². The Hall–Kier alpha value is -2.07. The lowest BCUT2D eigenvalue weighted by atomic mass is 9.94. The maximum Gasteiger partial charge on any atom is 0.226 e. The summed E-state index contributed by atoms with van der Waals surface area (Å²) in [6, 6.07) is 20.2. The van der Waals surface area contributed by atoms with Gasteiger partial charge in [-0.1, -0.05) is 72.4 Å². The predicted octanol–water partition coefficient (Wildman–Crippen LogP) is 4.05. The smallest absolute Gasteiger partial charge is 0.226 e. The van der Waals surface area contributed by atoms with Crippen LogP contribution in [-0.2, 0) is 4.79 Å². The highest BCUT2D eigenvalue weighted by molar-refractivity contribution is 8.13. The van der Waals surface area contributed by atoms with Gasteiger partial charge in [0.05, 0.1) is 6.04 Å². The number of amidine groups is 1. The molecule has 0 bridgehead atoms. The number of thioether (sulfide) groups is 1. The van der Waals surface area contributed by atoms with E-state index < -0.39 is 0 Å². The number of hydrogen-bond donors (Lipinski definition) is 0. The van der Waals surface area contributed by atoms with Gasteiger partial charge in [-0.2, -0.15) is 0 Å². The molecule has 0 aliphatic carbocycles. The van der Waals surface area contributed by atoms with Gasteiger partial charge in [-0.15, -0.1) is 0 Å². The van der Waals surface area contributed by atoms with Crippen molar-refractivity contribution >= 4 is 22.8 Å². The topological polar surface area (TPSA) is 32.7 Å². The molecular weight excluding hydrogens is 292 g/mol. The molecule has 0 N–H and O–H groups in total. The third kappa shape index (κ3) is 2.66. The molecule has 1 amide bonds. The van der Waals surface area contributed by atoms with Crippen LogP contribution in [0.25, 0.3) is 0 Å². The van der Waals surface area contributed by atoms with Crippen molar-refractivity contribution in [3.63, 3.8) is 0 Å². The minimum absolute atomic E-state index is 0.0281. The van der Waals surface area contributed by atoms with Gasteiger partial charge in [-0.25, -0.2) is 0 Å². The van der Waals surface area contributed by atoms with Crippen molar-refractivity contribution in [2.75, 3.05) is 6.26 Å². The quantitative estimate of drug-likeness (QED) is 0.838. The van der Waals surface area contributed by atoms with Crippen molar-refractivity contribution in [3.05, 3.63) is 71.8 Å². The van der Waals surface area contributed by atoms with E-state index in [1.165, 1.54) is 11.8 Å². The normalized spacial score (nSPS) is 20.8. The second-order valence-corrected chi connectivity index (χ2v) is 5.99. The third-order valence-corrected chi connectivity index (χ3v) is 4.50. The van der Waals surface area contributed by atoms with Crippen molar-refractivity contribution in [3.8, 4) is 0 Å². The fourth-order valence-electron chi connectivity index (χ4n) is 2.88. The zero-order valence-electron chi connectivity index (χ0n) is 12.6. The highest BCUT2D eigenvalue weighted by Crippen LogP contribution is 2.43. The molecule has 1 aliphatic heterocycles. The number of hydrogen-bond acceptors (Lipinski definition) is 3. The molecule has 3 rings (SSSR count). The molecule has 112 valence electrons. The minimum atomic E-state index is -0.0800. The molecule has 2 aromatic rings. The largest absolute Gasteiger partial charge is 0.282 e. The van der Waals surface area contributed by atoms with Gasteiger partial charge < -0.3 is 0 Å². The van der Waals surface area contributed by atoms with E-state index in [9.17, 15) is 4.79 Å². The average Bonchev–Trinajstić information content (AvgIpc) is 2.96. The van der Waals surface area contributed by atoms with Crippen molar-refractivity contribution < 1.29 is 4.79 Å². The number of benzene rings is 2. The standard InChI is InChI=1S/C18H18N2OS/c1-13(21)20-17(15-11-7-4-8-12-15)16(19-18(20)22-2)14-9-5-3-6-10-14/h3-12,16-17H,1-2H3. The van der Waals surface area contributed by atoms with E-state index in [4.69, 9.17) is 4.99 Å². The first-order chi connectivity index (χ1) is 10.7. The summed E-state index contributed by atoms with van der Waals surface area (Å²) in [5, 5.41) is 0.787. The molecule has 2 atom stereocenters. The van der Waals surface area contributed by atoms with Crippen molar-refractivity contribution in [2.45, 2.75) is 19.0 Å². The van der Waals surface area contributed by atoms with Gasteiger partial charge in [0.15, 0.2) is 5.17 Å². The molecule has 0 aromatic heterocycles. The number of aliphatic imine (C=N–C) groups is 1. The number of carbonyl (C=O) groups excluding carboxylic acids is 1. The molecule has 2 unspecified atom stereocenters. The first-order valence-electron chi connectivity index (χ1n) is 7.24. The summed E-state index contributed by atoms with van der Waals surface area (Å²) in [5.74, 6) is 0.0281. The second kappa shape index (κ2) is 6.36. The Kier molecular flexibility index (Phi) is 4.29. The van der Waals surface area contributed by atoms with Crippen LogP contribution in [-0.4, -0.2) is 22.2 Å². The molecule has 0 radical (unpaired) electrons. The van der Waals surface area contributed by atoms with Crippen LogP contribution < -0.4 is 0 Å². The summed E-state index contributed by atoms with van der Waals surface area (Å²) in [6.45, 7) is 1.61. The maximum absolute atomic E-state index is 12.2. The summed E-state index contributed by atoms with van der Waals surface area (Å²) in [4.78, 5) is 18.8. The van der Waals surface area contributed by atoms with Crippen LogP contribution in [0.3, 0.4) is 0 Å². The third-order valence-electron chi connectivity index (χ3n) is 3.84.